The van der Waals surface area contributed by atoms with Crippen molar-refractivity contribution in [3.8, 4) is 11.8 Å². The van der Waals surface area contributed by atoms with Gasteiger partial charge in [-0.05, 0) is 6.92 Å². The maximum absolute atomic E-state index is 12.2. The van der Waals surface area contributed by atoms with Crippen LogP contribution in [0.3, 0.4) is 0 Å². The van der Waals surface area contributed by atoms with E-state index in [1.807, 2.05) is 0 Å². The number of alkyl halides is 4. The first kappa shape index (κ1) is 13.9. The number of ketones is 1. The van der Waals surface area contributed by atoms with Crippen LogP contribution in [-0.2, 0) is 9.53 Å². The van der Waals surface area contributed by atoms with Gasteiger partial charge in [-0.3, -0.25) is 4.79 Å². The molecular weight excluding hydrogens is 216 g/mol. The minimum Gasteiger partial charge on any atom is -0.367 e. The lowest BCUT2D eigenvalue weighted by atomic mass is 10.3. The van der Waals surface area contributed by atoms with E-state index >= 15 is 0 Å². The summed E-state index contributed by atoms with van der Waals surface area (Å²) in [5.74, 6) is 0.102. The Bertz CT molecular complexity index is 265. The largest absolute Gasteiger partial charge is 0.367 e. The Balaban J connectivity index is 3.78. The molecule has 15 heavy (non-hydrogen) atoms. The van der Waals surface area contributed by atoms with Crippen LogP contribution in [0.4, 0.5) is 17.6 Å². The maximum Gasteiger partial charge on any atom is 0.330 e. The average Bonchev–Trinajstić information content (AvgIpc) is 2.14. The van der Waals surface area contributed by atoms with Crippen LogP contribution in [0.15, 0.2) is 0 Å². The molecule has 0 saturated heterocycles. The molecule has 2 nitrogen and oxygen atoms in total. The number of carbonyl (C=O) groups is 1. The number of Topliss-reactive ketones (excluding diaryl/α,β-unsaturated/α-hetero) is 1. The highest BCUT2D eigenvalue weighted by Gasteiger charge is 2.41. The first-order valence-corrected chi connectivity index (χ1v) is 4.05. The molecule has 0 spiro atoms. The van der Waals surface area contributed by atoms with E-state index in [2.05, 4.69) is 16.6 Å². The molecule has 0 N–H and O–H groups in total. The predicted octanol–water partition coefficient (Wildman–Crippen LogP) is 1.89. The lowest BCUT2D eigenvalue weighted by molar-refractivity contribution is -0.167. The predicted molar refractivity (Wildman–Crippen MR) is 44.8 cm³/mol. The molecular formula is C9H10F4O2. The van der Waals surface area contributed by atoms with E-state index in [0.29, 0.717) is 0 Å². The fourth-order valence-electron chi connectivity index (χ4n) is 0.602. The van der Waals surface area contributed by atoms with Crippen molar-refractivity contribution in [2.75, 3.05) is 13.2 Å². The summed E-state index contributed by atoms with van der Waals surface area (Å²) < 4.78 is 51.8. The smallest absolute Gasteiger partial charge is 0.330 e. The zero-order chi connectivity index (χ0) is 11.9. The van der Waals surface area contributed by atoms with Crippen molar-refractivity contribution >= 4 is 5.78 Å². The van der Waals surface area contributed by atoms with E-state index < -0.39 is 31.3 Å². The molecule has 0 aliphatic rings. The molecule has 0 rings (SSSR count). The summed E-state index contributed by atoms with van der Waals surface area (Å²) in [7, 11) is 0. The van der Waals surface area contributed by atoms with Crippen molar-refractivity contribution in [2.24, 2.45) is 0 Å². The second-order valence-corrected chi connectivity index (χ2v) is 2.70. The molecule has 0 heterocycles. The minimum absolute atomic E-state index is 0.128. The van der Waals surface area contributed by atoms with E-state index in [-0.39, 0.29) is 6.42 Å². The molecule has 0 radical (unpaired) electrons. The van der Waals surface area contributed by atoms with Gasteiger partial charge < -0.3 is 4.74 Å². The normalized spacial score (nSPS) is 11.1. The van der Waals surface area contributed by atoms with E-state index in [0.717, 1.165) is 0 Å². The average molecular weight is 226 g/mol. The summed E-state index contributed by atoms with van der Waals surface area (Å²) in [5.41, 5.74) is 0. The van der Waals surface area contributed by atoms with E-state index in [4.69, 9.17) is 0 Å². The van der Waals surface area contributed by atoms with Gasteiger partial charge in [-0.2, -0.15) is 8.78 Å². The van der Waals surface area contributed by atoms with Gasteiger partial charge in [0.25, 0.3) is 0 Å². The van der Waals surface area contributed by atoms with Gasteiger partial charge in [-0.25, -0.2) is 8.78 Å². The summed E-state index contributed by atoms with van der Waals surface area (Å²) in [6.45, 7) is -0.577. The molecule has 86 valence electrons. The highest BCUT2D eigenvalue weighted by atomic mass is 19.3. The van der Waals surface area contributed by atoms with E-state index in [9.17, 15) is 22.4 Å². The fourth-order valence-corrected chi connectivity index (χ4v) is 0.602. The maximum atomic E-state index is 12.2. The third-order valence-corrected chi connectivity index (χ3v) is 1.34. The van der Waals surface area contributed by atoms with Crippen LogP contribution in [0, 0.1) is 11.8 Å². The van der Waals surface area contributed by atoms with Crippen LogP contribution in [0.1, 0.15) is 13.3 Å². The third-order valence-electron chi connectivity index (χ3n) is 1.34. The van der Waals surface area contributed by atoms with Gasteiger partial charge in [0.1, 0.15) is 13.2 Å². The number of halogens is 4. The molecule has 0 aliphatic heterocycles. The zero-order valence-electron chi connectivity index (χ0n) is 8.03. The highest BCUT2D eigenvalue weighted by Crippen LogP contribution is 2.22. The van der Waals surface area contributed by atoms with Crippen LogP contribution in [-0.4, -0.2) is 31.3 Å². The van der Waals surface area contributed by atoms with E-state index in [1.165, 1.54) is 6.92 Å². The molecule has 0 amide bonds. The van der Waals surface area contributed by atoms with Crippen molar-refractivity contribution in [1.29, 1.82) is 0 Å². The van der Waals surface area contributed by atoms with Crippen LogP contribution in [0.2, 0.25) is 0 Å². The molecule has 0 saturated carbocycles. The Kier molecular flexibility index (Phi) is 5.94. The van der Waals surface area contributed by atoms with Crippen LogP contribution in [0.5, 0.6) is 0 Å². The van der Waals surface area contributed by atoms with Crippen LogP contribution < -0.4 is 0 Å². The highest BCUT2D eigenvalue weighted by molar-refractivity contribution is 5.81. The standard InChI is InChI=1S/C9H10F4O2/c1-2-3-4-7(14)5-15-6-9(12,13)8(10)11/h8H,4-6H2,1H3. The molecule has 0 aromatic heterocycles. The van der Waals surface area contributed by atoms with Crippen LogP contribution >= 0.6 is 0 Å². The molecule has 0 aromatic rings. The van der Waals surface area contributed by atoms with Crippen molar-refractivity contribution in [1.82, 2.24) is 0 Å². The van der Waals surface area contributed by atoms with Gasteiger partial charge >= 0.3 is 12.3 Å². The van der Waals surface area contributed by atoms with Crippen molar-refractivity contribution in [2.45, 2.75) is 25.7 Å². The topological polar surface area (TPSA) is 26.3 Å². The Morgan fingerprint density at radius 2 is 2.07 bits per heavy atom. The molecule has 6 heteroatoms. The van der Waals surface area contributed by atoms with Gasteiger partial charge in [0.2, 0.25) is 0 Å². The zero-order valence-corrected chi connectivity index (χ0v) is 8.03. The van der Waals surface area contributed by atoms with Gasteiger partial charge in [0.15, 0.2) is 5.78 Å². The van der Waals surface area contributed by atoms with Gasteiger partial charge in [-0.1, -0.05) is 5.92 Å². The van der Waals surface area contributed by atoms with Crippen molar-refractivity contribution in [3.63, 3.8) is 0 Å². The number of hydrogen-bond donors (Lipinski definition) is 0. The monoisotopic (exact) mass is 226 g/mol. The summed E-state index contributed by atoms with van der Waals surface area (Å²) in [6.07, 6.45) is -3.92. The lowest BCUT2D eigenvalue weighted by Crippen LogP contribution is -2.33. The number of carbonyl (C=O) groups excluding carboxylic acids is 1. The molecule has 0 unspecified atom stereocenters. The lowest BCUT2D eigenvalue weighted by Gasteiger charge is -2.14. The Morgan fingerprint density at radius 1 is 1.47 bits per heavy atom. The Morgan fingerprint density at radius 3 is 2.53 bits per heavy atom. The van der Waals surface area contributed by atoms with Crippen molar-refractivity contribution < 1.29 is 27.1 Å². The summed E-state index contributed by atoms with van der Waals surface area (Å²) in [6, 6.07) is 0. The Labute approximate surface area is 84.6 Å². The van der Waals surface area contributed by atoms with Crippen molar-refractivity contribution in [3.05, 3.63) is 0 Å². The minimum atomic E-state index is -4.21. The summed E-state index contributed by atoms with van der Waals surface area (Å²) >= 11 is 0. The molecule has 0 atom stereocenters. The second kappa shape index (κ2) is 6.40. The fraction of sp³-hybridized carbons (Fsp3) is 0.667. The summed E-state index contributed by atoms with van der Waals surface area (Å²) in [4.78, 5) is 10.8. The number of rotatable bonds is 6. The Hall–Kier alpha value is -1.09. The summed E-state index contributed by atoms with van der Waals surface area (Å²) in [5, 5.41) is 0. The molecule has 0 aliphatic carbocycles. The quantitative estimate of drug-likeness (QED) is 0.510. The SMILES string of the molecule is CC#CCC(=O)COCC(F)(F)C(F)F. The number of hydrogen-bond acceptors (Lipinski definition) is 2. The molecule has 0 aromatic carbocycles. The van der Waals surface area contributed by atoms with Crippen LogP contribution in [0.25, 0.3) is 0 Å². The third kappa shape index (κ3) is 6.07. The first-order valence-electron chi connectivity index (χ1n) is 4.05. The van der Waals surface area contributed by atoms with Gasteiger partial charge in [0.05, 0.1) is 6.42 Å². The van der Waals surface area contributed by atoms with E-state index in [1.54, 1.807) is 0 Å². The first-order chi connectivity index (χ1) is 6.90. The van der Waals surface area contributed by atoms with Gasteiger partial charge in [-0.15, -0.1) is 5.92 Å². The number of ether oxygens (including phenoxy) is 1. The second-order valence-electron chi connectivity index (χ2n) is 2.70. The molecule has 0 bridgehead atoms. The molecule has 0 fully saturated rings. The van der Waals surface area contributed by atoms with Gasteiger partial charge in [0, 0.05) is 0 Å².